The number of carbonyl (C=O) groups is 1. The third kappa shape index (κ3) is 3.05. The summed E-state index contributed by atoms with van der Waals surface area (Å²) in [5.41, 5.74) is 1.62. The number of nitrogens with zero attached hydrogens (tertiary/aromatic N) is 2. The zero-order valence-electron chi connectivity index (χ0n) is 11.4. The van der Waals surface area contributed by atoms with Crippen LogP contribution < -0.4 is 4.74 Å². The maximum atomic E-state index is 11.7. The summed E-state index contributed by atoms with van der Waals surface area (Å²) in [7, 11) is 0. The molecule has 1 aromatic carbocycles. The summed E-state index contributed by atoms with van der Waals surface area (Å²) in [4.78, 5) is 15.0. The van der Waals surface area contributed by atoms with E-state index in [9.17, 15) is 4.79 Å². The molecule has 1 saturated carbocycles. The molecule has 0 atom stereocenters. The molecule has 0 unspecified atom stereocenters. The van der Waals surface area contributed by atoms with Crippen molar-refractivity contribution in [2.24, 2.45) is 5.92 Å². The Kier molecular flexibility index (Phi) is 3.86. The number of ketones is 1. The highest BCUT2D eigenvalue weighted by molar-refractivity contribution is 5.92. The summed E-state index contributed by atoms with van der Waals surface area (Å²) in [5.74, 6) is 0.980. The van der Waals surface area contributed by atoms with Crippen molar-refractivity contribution in [3.8, 4) is 11.8 Å². The van der Waals surface area contributed by atoms with E-state index in [1.807, 2.05) is 13.0 Å². The molecule has 1 fully saturated rings. The second-order valence-corrected chi connectivity index (χ2v) is 4.88. The maximum Gasteiger partial charge on any atom is 0.194 e. The Bertz CT molecular complexity index is 638. The predicted molar refractivity (Wildman–Crippen MR) is 74.2 cm³/mol. The molecule has 0 amide bonds. The smallest absolute Gasteiger partial charge is 0.194 e. The normalized spacial score (nSPS) is 14.8. The first-order valence-electron chi connectivity index (χ1n) is 6.37. The minimum atomic E-state index is -0.138. The maximum absolute atomic E-state index is 11.7. The molecule has 2 rings (SSSR count). The minimum Gasteiger partial charge on any atom is -0.455 e. The van der Waals surface area contributed by atoms with Crippen LogP contribution in [0.25, 0.3) is 4.85 Å². The van der Waals surface area contributed by atoms with Gasteiger partial charge in [-0.05, 0) is 49.5 Å². The quantitative estimate of drug-likeness (QED) is 0.473. The number of hydrogen-bond donors (Lipinski definition) is 0. The Morgan fingerprint density at radius 1 is 1.40 bits per heavy atom. The van der Waals surface area contributed by atoms with Crippen molar-refractivity contribution < 1.29 is 9.53 Å². The van der Waals surface area contributed by atoms with Crippen molar-refractivity contribution >= 4 is 11.5 Å². The van der Waals surface area contributed by atoms with Gasteiger partial charge in [0.1, 0.15) is 5.75 Å². The molecule has 1 aliphatic rings. The first-order chi connectivity index (χ1) is 9.55. The van der Waals surface area contributed by atoms with E-state index in [1.54, 1.807) is 0 Å². The molecule has 0 aromatic heterocycles. The summed E-state index contributed by atoms with van der Waals surface area (Å²) >= 11 is 0. The highest BCUT2D eigenvalue weighted by Crippen LogP contribution is 2.38. The lowest BCUT2D eigenvalue weighted by Gasteiger charge is -2.11. The molecule has 0 heterocycles. The lowest BCUT2D eigenvalue weighted by molar-refractivity contribution is -0.115. The van der Waals surface area contributed by atoms with Crippen LogP contribution in [0.1, 0.15) is 32.3 Å². The van der Waals surface area contributed by atoms with E-state index < -0.39 is 0 Å². The summed E-state index contributed by atoms with van der Waals surface area (Å²) in [6.45, 7) is 10.4. The van der Waals surface area contributed by atoms with Gasteiger partial charge >= 0.3 is 0 Å². The summed E-state index contributed by atoms with van der Waals surface area (Å²) in [6, 6.07) is 6.55. The molecule has 1 aliphatic carbocycles. The van der Waals surface area contributed by atoms with Gasteiger partial charge in [-0.2, -0.15) is 5.26 Å². The number of allylic oxidation sites excluding steroid dienone is 2. The molecular formula is C16H14N2O2. The van der Waals surface area contributed by atoms with Crippen molar-refractivity contribution in [3.63, 3.8) is 0 Å². The molecule has 4 heteroatoms. The van der Waals surface area contributed by atoms with Gasteiger partial charge in [0.05, 0.1) is 12.6 Å². The largest absolute Gasteiger partial charge is 0.455 e. The van der Waals surface area contributed by atoms with E-state index in [4.69, 9.17) is 16.6 Å². The van der Waals surface area contributed by atoms with E-state index in [-0.39, 0.29) is 5.78 Å². The Morgan fingerprint density at radius 2 is 2.10 bits per heavy atom. The zero-order chi connectivity index (χ0) is 14.7. The summed E-state index contributed by atoms with van der Waals surface area (Å²) < 4.78 is 5.66. The second-order valence-electron chi connectivity index (χ2n) is 4.88. The van der Waals surface area contributed by atoms with Gasteiger partial charge in [-0.25, -0.2) is 4.85 Å². The van der Waals surface area contributed by atoms with E-state index in [2.05, 4.69) is 4.85 Å². The Labute approximate surface area is 118 Å². The van der Waals surface area contributed by atoms with Crippen LogP contribution in [-0.2, 0) is 4.79 Å². The predicted octanol–water partition coefficient (Wildman–Crippen LogP) is 3.76. The number of carbonyl (C=O) groups excluding carboxylic acids is 1. The van der Waals surface area contributed by atoms with Crippen LogP contribution in [0.15, 0.2) is 29.5 Å². The average Bonchev–Trinajstić information content (AvgIpc) is 3.27. The highest BCUT2D eigenvalue weighted by Gasteiger charge is 2.28. The van der Waals surface area contributed by atoms with Gasteiger partial charge in [-0.3, -0.25) is 4.79 Å². The molecule has 1 aromatic rings. The third-order valence-electron chi connectivity index (χ3n) is 3.24. The van der Waals surface area contributed by atoms with Gasteiger partial charge in [0.2, 0.25) is 0 Å². The van der Waals surface area contributed by atoms with Gasteiger partial charge in [0, 0.05) is 12.5 Å². The van der Waals surface area contributed by atoms with Crippen LogP contribution in [-0.4, -0.2) is 5.78 Å². The molecule has 0 spiro atoms. The summed E-state index contributed by atoms with van der Waals surface area (Å²) in [6.07, 6.45) is 2.16. The molecule has 0 N–H and O–H groups in total. The number of rotatable bonds is 4. The molecule has 100 valence electrons. The van der Waals surface area contributed by atoms with Gasteiger partial charge in [0.15, 0.2) is 17.2 Å². The topological polar surface area (TPSA) is 54.4 Å². The third-order valence-corrected chi connectivity index (χ3v) is 3.24. The van der Waals surface area contributed by atoms with Crippen LogP contribution >= 0.6 is 0 Å². The van der Waals surface area contributed by atoms with Crippen LogP contribution in [0.2, 0.25) is 0 Å². The number of nitriles is 1. The second kappa shape index (κ2) is 5.59. The van der Waals surface area contributed by atoms with Gasteiger partial charge < -0.3 is 4.74 Å². The number of Topliss-reactive ketones (excluding diaryl/α,β-unsaturated/α-hetero) is 1. The lowest BCUT2D eigenvalue weighted by atomic mass is 10.1. The lowest BCUT2D eigenvalue weighted by Crippen LogP contribution is -2.09. The first kappa shape index (κ1) is 13.8. The van der Waals surface area contributed by atoms with Gasteiger partial charge in [0.25, 0.3) is 0 Å². The molecule has 0 aliphatic heterocycles. The monoisotopic (exact) mass is 266 g/mol. The Morgan fingerprint density at radius 3 is 2.60 bits per heavy atom. The highest BCUT2D eigenvalue weighted by atomic mass is 16.5. The fraction of sp³-hybridized carbons (Fsp3) is 0.312. The SMILES string of the molecule is [C-]#[N+]c1cc(C#N)cc(OC(C(C)=O)=C(C)C2CC2)c1. The molecule has 0 saturated heterocycles. The molecular weight excluding hydrogens is 252 g/mol. The van der Waals surface area contributed by atoms with Crippen molar-refractivity contribution in [3.05, 3.63) is 46.5 Å². The fourth-order valence-electron chi connectivity index (χ4n) is 2.02. The Balaban J connectivity index is 2.37. The van der Waals surface area contributed by atoms with Gasteiger partial charge in [-0.15, -0.1) is 0 Å². The number of ether oxygens (including phenoxy) is 1. The van der Waals surface area contributed by atoms with Crippen molar-refractivity contribution in [1.29, 1.82) is 5.26 Å². The Hall–Kier alpha value is -2.59. The van der Waals surface area contributed by atoms with E-state index in [0.29, 0.717) is 28.7 Å². The summed E-state index contributed by atoms with van der Waals surface area (Å²) in [5, 5.41) is 8.95. The fourth-order valence-corrected chi connectivity index (χ4v) is 2.02. The molecule has 0 radical (unpaired) electrons. The van der Waals surface area contributed by atoms with Crippen LogP contribution in [0.3, 0.4) is 0 Å². The first-order valence-corrected chi connectivity index (χ1v) is 6.37. The van der Waals surface area contributed by atoms with Crippen LogP contribution in [0.4, 0.5) is 5.69 Å². The van der Waals surface area contributed by atoms with Crippen molar-refractivity contribution in [2.45, 2.75) is 26.7 Å². The zero-order valence-corrected chi connectivity index (χ0v) is 11.4. The standard InChI is InChI=1S/C16H14N2O2/c1-10(13-4-5-13)16(11(2)19)20-15-7-12(9-17)6-14(8-15)18-3/h6-8,13H,4-5H2,1-2H3. The molecule has 20 heavy (non-hydrogen) atoms. The molecule has 0 bridgehead atoms. The van der Waals surface area contributed by atoms with E-state index >= 15 is 0 Å². The van der Waals surface area contributed by atoms with Crippen LogP contribution in [0, 0.1) is 23.8 Å². The van der Waals surface area contributed by atoms with E-state index in [0.717, 1.165) is 18.4 Å². The van der Waals surface area contributed by atoms with Gasteiger partial charge in [-0.1, -0.05) is 0 Å². The minimum absolute atomic E-state index is 0.138. The van der Waals surface area contributed by atoms with Crippen LogP contribution in [0.5, 0.6) is 5.75 Å². The number of benzene rings is 1. The van der Waals surface area contributed by atoms with Crippen molar-refractivity contribution in [2.75, 3.05) is 0 Å². The number of hydrogen-bond acceptors (Lipinski definition) is 3. The average molecular weight is 266 g/mol. The van der Waals surface area contributed by atoms with E-state index in [1.165, 1.54) is 25.1 Å². The molecule has 4 nitrogen and oxygen atoms in total. The van der Waals surface area contributed by atoms with Crippen molar-refractivity contribution in [1.82, 2.24) is 0 Å².